The molecule has 1 nitrogen and oxygen atoms in total. The van der Waals surface area contributed by atoms with Crippen molar-refractivity contribution in [2.45, 2.75) is 96.4 Å². The number of benzene rings is 9. The van der Waals surface area contributed by atoms with Crippen molar-refractivity contribution in [3.05, 3.63) is 203 Å². The highest BCUT2D eigenvalue weighted by Crippen LogP contribution is 2.55. The normalized spacial score (nSPS) is 16.5. The molecule has 0 heterocycles. The smallest absolute Gasteiger partial charge is 0.0674 e. The van der Waals surface area contributed by atoms with Crippen molar-refractivity contribution in [3.8, 4) is 22.3 Å². The van der Waals surface area contributed by atoms with Gasteiger partial charge in [-0.25, -0.2) is 0 Å². The van der Waals surface area contributed by atoms with Gasteiger partial charge in [0, 0.05) is 33.0 Å². The molecule has 0 spiro atoms. The standard InChI is InChI=1S/C61H57N/c1-9-35-61(8,62(45-19-12-11-13-20-45)55-34-26-41-24-23-39-17-16-18-40-25-30-50(55)57(41)56(39)40)44-29-33-49-48-32-28-43(37-53(48)59(5,6)54(49)38-44)60(7,10-2)42-27-31-47-46-21-14-15-22-51(46)58(3,4)52(47)36-42/h11-34,36-38H,9-10,35H2,1-8H3. The summed E-state index contributed by atoms with van der Waals surface area (Å²) in [5.41, 5.74) is 17.2. The molecule has 9 aromatic carbocycles. The summed E-state index contributed by atoms with van der Waals surface area (Å²) in [6, 6.07) is 63.0. The molecule has 2 atom stereocenters. The molecule has 62 heavy (non-hydrogen) atoms. The average Bonchev–Trinajstić information content (AvgIpc) is 3.67. The minimum atomic E-state index is -0.341. The van der Waals surface area contributed by atoms with Crippen LogP contribution in [0.5, 0.6) is 0 Å². The Balaban J connectivity index is 1.03. The largest absolute Gasteiger partial charge is 0.331 e. The molecule has 9 aromatic rings. The third kappa shape index (κ3) is 5.33. The third-order valence-electron chi connectivity index (χ3n) is 15.9. The molecule has 11 rings (SSSR count). The Morgan fingerprint density at radius 1 is 0.452 bits per heavy atom. The van der Waals surface area contributed by atoms with Crippen LogP contribution < -0.4 is 4.90 Å². The maximum Gasteiger partial charge on any atom is 0.0674 e. The maximum absolute atomic E-state index is 2.67. The first-order valence-corrected chi connectivity index (χ1v) is 23.0. The van der Waals surface area contributed by atoms with Crippen molar-refractivity contribution in [3.63, 3.8) is 0 Å². The van der Waals surface area contributed by atoms with Gasteiger partial charge in [-0.2, -0.15) is 0 Å². The molecule has 0 fully saturated rings. The highest BCUT2D eigenvalue weighted by molar-refractivity contribution is 6.25. The first kappa shape index (κ1) is 38.7. The van der Waals surface area contributed by atoms with Gasteiger partial charge in [0.1, 0.15) is 0 Å². The number of nitrogens with zero attached hydrogens (tertiary/aromatic N) is 1. The first-order valence-electron chi connectivity index (χ1n) is 23.0. The van der Waals surface area contributed by atoms with E-state index in [-0.39, 0.29) is 21.8 Å². The summed E-state index contributed by atoms with van der Waals surface area (Å²) in [7, 11) is 0. The molecule has 2 aliphatic carbocycles. The Labute approximate surface area is 368 Å². The van der Waals surface area contributed by atoms with Crippen molar-refractivity contribution in [2.75, 3.05) is 4.90 Å². The van der Waals surface area contributed by atoms with Crippen LogP contribution in [0.15, 0.2) is 164 Å². The van der Waals surface area contributed by atoms with Gasteiger partial charge < -0.3 is 4.90 Å². The highest BCUT2D eigenvalue weighted by atomic mass is 15.2. The van der Waals surface area contributed by atoms with Gasteiger partial charge in [-0.3, -0.25) is 0 Å². The van der Waals surface area contributed by atoms with Crippen molar-refractivity contribution in [2.24, 2.45) is 0 Å². The molecule has 1 heteroatoms. The van der Waals surface area contributed by atoms with E-state index in [0.717, 1.165) is 19.3 Å². The minimum Gasteiger partial charge on any atom is -0.331 e. The Morgan fingerprint density at radius 2 is 0.952 bits per heavy atom. The van der Waals surface area contributed by atoms with Crippen LogP contribution in [0.1, 0.15) is 114 Å². The van der Waals surface area contributed by atoms with Crippen LogP contribution in [0.25, 0.3) is 54.6 Å². The molecule has 0 aromatic heterocycles. The van der Waals surface area contributed by atoms with Gasteiger partial charge in [-0.05, 0) is 126 Å². The van der Waals surface area contributed by atoms with E-state index in [1.54, 1.807) is 0 Å². The van der Waals surface area contributed by atoms with Gasteiger partial charge in [0.05, 0.1) is 5.54 Å². The fraction of sp³-hybridized carbons (Fsp3) is 0.246. The SMILES string of the molecule is CCCC(C)(c1ccc2c(c1)C(C)(C)c1cc(C(C)(CC)c3ccc4c(c3)C(C)(C)c3ccccc3-4)ccc1-2)N(c1ccccc1)c1ccc2ccc3cccc4ccc1c2c34. The van der Waals surface area contributed by atoms with Crippen LogP contribution in [-0.2, 0) is 21.8 Å². The van der Waals surface area contributed by atoms with E-state index in [4.69, 9.17) is 0 Å². The molecule has 0 saturated carbocycles. The van der Waals surface area contributed by atoms with Gasteiger partial charge >= 0.3 is 0 Å². The van der Waals surface area contributed by atoms with E-state index in [1.807, 2.05) is 0 Å². The molecule has 2 aliphatic rings. The first-order chi connectivity index (χ1) is 29.9. The molecule has 0 N–H and O–H groups in total. The van der Waals surface area contributed by atoms with Gasteiger partial charge in [-0.1, -0.05) is 200 Å². The van der Waals surface area contributed by atoms with E-state index in [2.05, 4.69) is 224 Å². The Kier molecular flexibility index (Phi) is 8.53. The van der Waals surface area contributed by atoms with Gasteiger partial charge in [0.25, 0.3) is 0 Å². The Hall–Kier alpha value is -6.18. The van der Waals surface area contributed by atoms with Crippen LogP contribution in [0, 0.1) is 0 Å². The lowest BCUT2D eigenvalue weighted by atomic mass is 9.70. The summed E-state index contributed by atoms with van der Waals surface area (Å²) in [6.07, 6.45) is 3.07. The maximum atomic E-state index is 2.67. The fourth-order valence-electron chi connectivity index (χ4n) is 12.1. The highest BCUT2D eigenvalue weighted by Gasteiger charge is 2.42. The van der Waals surface area contributed by atoms with E-state index in [9.17, 15) is 0 Å². The second-order valence-electron chi connectivity index (χ2n) is 19.9. The van der Waals surface area contributed by atoms with Crippen LogP contribution in [0.4, 0.5) is 11.4 Å². The van der Waals surface area contributed by atoms with E-state index in [1.165, 1.54) is 105 Å². The summed E-state index contributed by atoms with van der Waals surface area (Å²) >= 11 is 0. The lowest BCUT2D eigenvalue weighted by Crippen LogP contribution is -2.41. The second-order valence-corrected chi connectivity index (χ2v) is 19.9. The number of para-hydroxylation sites is 1. The van der Waals surface area contributed by atoms with E-state index in [0.29, 0.717) is 0 Å². The van der Waals surface area contributed by atoms with Gasteiger partial charge in [0.15, 0.2) is 0 Å². The van der Waals surface area contributed by atoms with E-state index >= 15 is 0 Å². The van der Waals surface area contributed by atoms with Crippen molar-refractivity contribution in [1.29, 1.82) is 0 Å². The zero-order valence-corrected chi connectivity index (χ0v) is 37.7. The number of hydrogen-bond donors (Lipinski definition) is 0. The predicted molar refractivity (Wildman–Crippen MR) is 266 cm³/mol. The van der Waals surface area contributed by atoms with Crippen molar-refractivity contribution < 1.29 is 0 Å². The lowest BCUT2D eigenvalue weighted by molar-refractivity contribution is 0.436. The summed E-state index contributed by atoms with van der Waals surface area (Å²) in [5.74, 6) is 0. The minimum absolute atomic E-state index is 0.0296. The molecule has 0 aliphatic heterocycles. The zero-order chi connectivity index (χ0) is 42.8. The molecule has 0 radical (unpaired) electrons. The summed E-state index contributed by atoms with van der Waals surface area (Å²) in [5, 5.41) is 7.90. The number of anilines is 2. The summed E-state index contributed by atoms with van der Waals surface area (Å²) in [4.78, 5) is 2.67. The molecule has 0 amide bonds. The molecule has 2 unspecified atom stereocenters. The Morgan fingerprint density at radius 3 is 1.56 bits per heavy atom. The number of rotatable bonds is 9. The van der Waals surface area contributed by atoms with Gasteiger partial charge in [0.2, 0.25) is 0 Å². The van der Waals surface area contributed by atoms with Crippen LogP contribution in [-0.4, -0.2) is 0 Å². The number of hydrogen-bond acceptors (Lipinski definition) is 1. The molecular formula is C61H57N. The average molecular weight is 804 g/mol. The van der Waals surface area contributed by atoms with Crippen molar-refractivity contribution in [1.82, 2.24) is 0 Å². The van der Waals surface area contributed by atoms with Crippen LogP contribution >= 0.6 is 0 Å². The Bertz CT molecular complexity index is 3200. The molecule has 0 saturated heterocycles. The van der Waals surface area contributed by atoms with Crippen LogP contribution in [0.3, 0.4) is 0 Å². The molecule has 306 valence electrons. The fourth-order valence-corrected chi connectivity index (χ4v) is 12.1. The topological polar surface area (TPSA) is 3.24 Å². The van der Waals surface area contributed by atoms with E-state index < -0.39 is 0 Å². The summed E-state index contributed by atoms with van der Waals surface area (Å²) in [6.45, 7) is 19.3. The lowest BCUT2D eigenvalue weighted by Gasteiger charge is -2.45. The van der Waals surface area contributed by atoms with Crippen molar-refractivity contribution >= 4 is 43.7 Å². The van der Waals surface area contributed by atoms with Gasteiger partial charge in [-0.15, -0.1) is 0 Å². The second kappa shape index (κ2) is 13.7. The third-order valence-corrected chi connectivity index (χ3v) is 15.9. The zero-order valence-electron chi connectivity index (χ0n) is 37.7. The molecule has 0 bridgehead atoms. The molecular weight excluding hydrogens is 747 g/mol. The summed E-state index contributed by atoms with van der Waals surface area (Å²) < 4.78 is 0. The monoisotopic (exact) mass is 803 g/mol. The van der Waals surface area contributed by atoms with Crippen LogP contribution in [0.2, 0.25) is 0 Å². The quantitative estimate of drug-likeness (QED) is 0.131. The predicted octanol–water partition coefficient (Wildman–Crippen LogP) is 16.8. The number of fused-ring (bicyclic) bond motifs is 6.